The van der Waals surface area contributed by atoms with Crippen LogP contribution in [0.25, 0.3) is 0 Å². The molecule has 0 radical (unpaired) electrons. The number of halogens is 1. The Hall–Kier alpha value is -0.890. The first kappa shape index (κ1) is 11.6. The molecule has 0 bridgehead atoms. The number of nitrogen functional groups attached to an aromatic ring is 1. The number of nitrogens with two attached hydrogens (primary N) is 1. The maximum absolute atomic E-state index is 6.07. The molecule has 0 unspecified atom stereocenters. The molecule has 0 heterocycles. The van der Waals surface area contributed by atoms with E-state index in [1.165, 1.54) is 25.7 Å². The van der Waals surface area contributed by atoms with Gasteiger partial charge < -0.3 is 10.6 Å². The van der Waals surface area contributed by atoms with Gasteiger partial charge in [-0.25, -0.2) is 0 Å². The third-order valence-corrected chi connectivity index (χ3v) is 3.41. The standard InChI is InChI=1S/C13H19ClN2/c1-2-3-9-16(10-7-8-10)12-6-4-5-11(14)13(12)15/h4-6,10H,2-3,7-9,15H2,1H3. The average Bonchev–Trinajstić information content (AvgIpc) is 3.08. The van der Waals surface area contributed by atoms with Crippen LogP contribution in [0.4, 0.5) is 11.4 Å². The summed E-state index contributed by atoms with van der Waals surface area (Å²) in [5.74, 6) is 0. The third kappa shape index (κ3) is 2.43. The van der Waals surface area contributed by atoms with Gasteiger partial charge in [-0.15, -0.1) is 0 Å². The number of anilines is 2. The molecule has 0 aliphatic heterocycles. The van der Waals surface area contributed by atoms with Crippen molar-refractivity contribution in [2.45, 2.75) is 38.6 Å². The van der Waals surface area contributed by atoms with Crippen molar-refractivity contribution in [3.05, 3.63) is 23.2 Å². The molecule has 1 aromatic rings. The van der Waals surface area contributed by atoms with Gasteiger partial charge in [0.2, 0.25) is 0 Å². The number of unbranched alkanes of at least 4 members (excludes halogenated alkanes) is 1. The molecule has 88 valence electrons. The summed E-state index contributed by atoms with van der Waals surface area (Å²) in [5, 5.41) is 0.666. The van der Waals surface area contributed by atoms with Crippen molar-refractivity contribution in [3.63, 3.8) is 0 Å². The molecule has 0 saturated heterocycles. The summed E-state index contributed by atoms with van der Waals surface area (Å²) < 4.78 is 0. The molecule has 0 atom stereocenters. The Bertz CT molecular complexity index is 361. The van der Waals surface area contributed by atoms with E-state index in [1.54, 1.807) is 0 Å². The zero-order valence-electron chi connectivity index (χ0n) is 9.75. The molecule has 0 amide bonds. The van der Waals surface area contributed by atoms with Crippen LogP contribution in [0.5, 0.6) is 0 Å². The number of hydrogen-bond donors (Lipinski definition) is 1. The number of nitrogens with zero attached hydrogens (tertiary/aromatic N) is 1. The highest BCUT2D eigenvalue weighted by molar-refractivity contribution is 6.33. The summed E-state index contributed by atoms with van der Waals surface area (Å²) in [6, 6.07) is 6.60. The topological polar surface area (TPSA) is 29.3 Å². The predicted octanol–water partition coefficient (Wildman–Crippen LogP) is 3.69. The first-order valence-electron chi connectivity index (χ1n) is 6.04. The van der Waals surface area contributed by atoms with Crippen LogP contribution >= 0.6 is 11.6 Å². The van der Waals surface area contributed by atoms with Crippen molar-refractivity contribution in [1.29, 1.82) is 0 Å². The fourth-order valence-electron chi connectivity index (χ4n) is 1.99. The van der Waals surface area contributed by atoms with E-state index in [9.17, 15) is 0 Å². The largest absolute Gasteiger partial charge is 0.396 e. The van der Waals surface area contributed by atoms with E-state index in [4.69, 9.17) is 17.3 Å². The van der Waals surface area contributed by atoms with Gasteiger partial charge >= 0.3 is 0 Å². The lowest BCUT2D eigenvalue weighted by molar-refractivity contribution is 0.714. The number of hydrogen-bond acceptors (Lipinski definition) is 2. The lowest BCUT2D eigenvalue weighted by Gasteiger charge is -2.26. The van der Waals surface area contributed by atoms with Crippen LogP contribution in [0.3, 0.4) is 0 Å². The predicted molar refractivity (Wildman–Crippen MR) is 71.1 cm³/mol. The van der Waals surface area contributed by atoms with E-state index >= 15 is 0 Å². The van der Waals surface area contributed by atoms with E-state index in [0.717, 1.165) is 17.9 Å². The lowest BCUT2D eigenvalue weighted by atomic mass is 10.2. The SMILES string of the molecule is CCCCN(c1cccc(Cl)c1N)C1CC1. The van der Waals surface area contributed by atoms with Gasteiger partial charge in [-0.2, -0.15) is 0 Å². The molecular formula is C13H19ClN2. The maximum atomic E-state index is 6.07. The lowest BCUT2D eigenvalue weighted by Crippen LogP contribution is -2.27. The molecule has 1 aromatic carbocycles. The summed E-state index contributed by atoms with van der Waals surface area (Å²) in [7, 11) is 0. The normalized spacial score (nSPS) is 15.1. The minimum Gasteiger partial charge on any atom is -0.396 e. The molecule has 1 aliphatic rings. The number of rotatable bonds is 5. The van der Waals surface area contributed by atoms with Crippen molar-refractivity contribution in [1.82, 2.24) is 0 Å². The minimum absolute atomic E-state index is 0.666. The van der Waals surface area contributed by atoms with Crippen molar-refractivity contribution < 1.29 is 0 Å². The van der Waals surface area contributed by atoms with Crippen LogP contribution in [-0.4, -0.2) is 12.6 Å². The van der Waals surface area contributed by atoms with Crippen LogP contribution in [0, 0.1) is 0 Å². The van der Waals surface area contributed by atoms with Gasteiger partial charge in [-0.05, 0) is 31.4 Å². The second-order valence-corrected chi connectivity index (χ2v) is 4.86. The Morgan fingerprint density at radius 1 is 1.44 bits per heavy atom. The van der Waals surface area contributed by atoms with Gasteiger partial charge in [-0.3, -0.25) is 0 Å². The summed E-state index contributed by atoms with van der Waals surface area (Å²) in [4.78, 5) is 2.42. The second kappa shape index (κ2) is 4.96. The smallest absolute Gasteiger partial charge is 0.0741 e. The highest BCUT2D eigenvalue weighted by atomic mass is 35.5. The van der Waals surface area contributed by atoms with Crippen molar-refractivity contribution in [3.8, 4) is 0 Å². The van der Waals surface area contributed by atoms with Gasteiger partial charge in [-0.1, -0.05) is 31.0 Å². The monoisotopic (exact) mass is 238 g/mol. The second-order valence-electron chi connectivity index (χ2n) is 4.45. The van der Waals surface area contributed by atoms with E-state index in [1.807, 2.05) is 12.1 Å². The molecular weight excluding hydrogens is 220 g/mol. The molecule has 2 N–H and O–H groups in total. The number of benzene rings is 1. The molecule has 0 spiro atoms. The Morgan fingerprint density at radius 2 is 2.19 bits per heavy atom. The van der Waals surface area contributed by atoms with Gasteiger partial charge in [0.15, 0.2) is 0 Å². The van der Waals surface area contributed by atoms with E-state index in [0.29, 0.717) is 11.1 Å². The zero-order chi connectivity index (χ0) is 11.5. The average molecular weight is 239 g/mol. The van der Waals surface area contributed by atoms with Crippen LogP contribution in [0.2, 0.25) is 5.02 Å². The van der Waals surface area contributed by atoms with Crippen LogP contribution < -0.4 is 10.6 Å². The highest BCUT2D eigenvalue weighted by Gasteiger charge is 2.29. The molecule has 2 rings (SSSR count). The van der Waals surface area contributed by atoms with Crippen molar-refractivity contribution >= 4 is 23.0 Å². The highest BCUT2D eigenvalue weighted by Crippen LogP contribution is 2.37. The molecule has 2 nitrogen and oxygen atoms in total. The minimum atomic E-state index is 0.666. The first-order chi connectivity index (χ1) is 7.74. The maximum Gasteiger partial charge on any atom is 0.0741 e. The van der Waals surface area contributed by atoms with Crippen LogP contribution in [0.1, 0.15) is 32.6 Å². The van der Waals surface area contributed by atoms with Crippen LogP contribution in [0.15, 0.2) is 18.2 Å². The van der Waals surface area contributed by atoms with Crippen molar-refractivity contribution in [2.24, 2.45) is 0 Å². The quantitative estimate of drug-likeness (QED) is 0.793. The summed E-state index contributed by atoms with van der Waals surface area (Å²) in [6.45, 7) is 3.30. The summed E-state index contributed by atoms with van der Waals surface area (Å²) in [5.41, 5.74) is 7.89. The summed E-state index contributed by atoms with van der Waals surface area (Å²) >= 11 is 6.07. The molecule has 1 saturated carbocycles. The Balaban J connectivity index is 2.20. The van der Waals surface area contributed by atoms with E-state index < -0.39 is 0 Å². The Kier molecular flexibility index (Phi) is 3.59. The van der Waals surface area contributed by atoms with Crippen molar-refractivity contribution in [2.75, 3.05) is 17.2 Å². The van der Waals surface area contributed by atoms with Gasteiger partial charge in [0.1, 0.15) is 0 Å². The fourth-order valence-corrected chi connectivity index (χ4v) is 2.16. The molecule has 1 aliphatic carbocycles. The molecule has 16 heavy (non-hydrogen) atoms. The Morgan fingerprint density at radius 3 is 2.81 bits per heavy atom. The number of para-hydroxylation sites is 1. The van der Waals surface area contributed by atoms with Crippen LogP contribution in [-0.2, 0) is 0 Å². The third-order valence-electron chi connectivity index (χ3n) is 3.08. The van der Waals surface area contributed by atoms with Gasteiger partial charge in [0, 0.05) is 12.6 Å². The Labute approximate surface area is 102 Å². The fraction of sp³-hybridized carbons (Fsp3) is 0.538. The summed E-state index contributed by atoms with van der Waals surface area (Å²) in [6.07, 6.45) is 5.00. The zero-order valence-corrected chi connectivity index (χ0v) is 10.5. The molecule has 0 aromatic heterocycles. The molecule has 3 heteroatoms. The first-order valence-corrected chi connectivity index (χ1v) is 6.42. The van der Waals surface area contributed by atoms with E-state index in [-0.39, 0.29) is 0 Å². The molecule has 1 fully saturated rings. The van der Waals surface area contributed by atoms with E-state index in [2.05, 4.69) is 17.9 Å². The van der Waals surface area contributed by atoms with Gasteiger partial charge in [0.05, 0.1) is 16.4 Å². The van der Waals surface area contributed by atoms with Gasteiger partial charge in [0.25, 0.3) is 0 Å².